The average molecular weight is 284 g/mol. The first-order valence-corrected chi connectivity index (χ1v) is 6.86. The van der Waals surface area contributed by atoms with Gasteiger partial charge in [0.15, 0.2) is 0 Å². The van der Waals surface area contributed by atoms with E-state index in [-0.39, 0.29) is 0 Å². The van der Waals surface area contributed by atoms with E-state index in [1.165, 1.54) is 7.11 Å². The lowest BCUT2D eigenvalue weighted by molar-refractivity contribution is 0.0596. The minimum absolute atomic E-state index is 0.409. The number of thiol groups is 1. The van der Waals surface area contributed by atoms with Crippen LogP contribution in [0.5, 0.6) is 11.5 Å². The molecular weight excluding hydrogens is 264 g/mol. The number of carbonyl (C=O) groups excluding carboxylic acids is 1. The molecule has 0 aliphatic rings. The third-order valence-corrected chi connectivity index (χ3v) is 2.97. The van der Waals surface area contributed by atoms with Gasteiger partial charge in [-0.25, -0.2) is 4.79 Å². The summed E-state index contributed by atoms with van der Waals surface area (Å²) in [6.45, 7) is 0.560. The maximum atomic E-state index is 11.6. The predicted molar refractivity (Wildman–Crippen MR) is 77.5 cm³/mol. The van der Waals surface area contributed by atoms with Crippen LogP contribution in [-0.2, 0) is 4.74 Å². The lowest BCUT2D eigenvalue weighted by Gasteiger charge is -2.11. The van der Waals surface area contributed by atoms with Gasteiger partial charge in [-0.2, -0.15) is 12.6 Å². The van der Waals surface area contributed by atoms with Crippen molar-refractivity contribution in [2.45, 2.75) is 19.3 Å². The fraction of sp³-hybridized carbons (Fsp3) is 0.500. The Morgan fingerprint density at radius 2 is 2.00 bits per heavy atom. The summed E-state index contributed by atoms with van der Waals surface area (Å²) >= 11 is 4.16. The normalized spacial score (nSPS) is 10.1. The highest BCUT2D eigenvalue weighted by Gasteiger charge is 2.14. The van der Waals surface area contributed by atoms with E-state index in [2.05, 4.69) is 12.6 Å². The van der Waals surface area contributed by atoms with Gasteiger partial charge >= 0.3 is 5.97 Å². The quantitative estimate of drug-likeness (QED) is 0.453. The van der Waals surface area contributed by atoms with Crippen LogP contribution in [0.2, 0.25) is 0 Å². The number of esters is 1. The summed E-state index contributed by atoms with van der Waals surface area (Å²) in [6.07, 6.45) is 3.05. The molecule has 1 aromatic carbocycles. The lowest BCUT2D eigenvalue weighted by atomic mass is 10.2. The molecule has 0 radical (unpaired) electrons. The molecule has 0 aliphatic carbocycles. The van der Waals surface area contributed by atoms with E-state index in [1.807, 2.05) is 0 Å². The Bertz CT molecular complexity index is 406. The summed E-state index contributed by atoms with van der Waals surface area (Å²) in [6, 6.07) is 5.05. The number of rotatable bonds is 8. The molecule has 0 aliphatic heterocycles. The van der Waals surface area contributed by atoms with E-state index in [1.54, 1.807) is 25.3 Å². The lowest BCUT2D eigenvalue weighted by Crippen LogP contribution is -2.07. The zero-order valence-corrected chi connectivity index (χ0v) is 12.2. The van der Waals surface area contributed by atoms with Crippen molar-refractivity contribution in [2.75, 3.05) is 26.6 Å². The van der Waals surface area contributed by atoms with Crippen molar-refractivity contribution in [3.05, 3.63) is 23.8 Å². The van der Waals surface area contributed by atoms with Gasteiger partial charge in [0.1, 0.15) is 17.1 Å². The van der Waals surface area contributed by atoms with Crippen molar-refractivity contribution in [3.8, 4) is 11.5 Å². The summed E-state index contributed by atoms with van der Waals surface area (Å²) in [5.41, 5.74) is 0.414. The first kappa shape index (κ1) is 15.7. The summed E-state index contributed by atoms with van der Waals surface area (Å²) < 4.78 is 15.5. The van der Waals surface area contributed by atoms with Gasteiger partial charge in [-0.05, 0) is 37.1 Å². The fourth-order valence-electron chi connectivity index (χ4n) is 1.60. The van der Waals surface area contributed by atoms with E-state index in [9.17, 15) is 4.79 Å². The highest BCUT2D eigenvalue weighted by atomic mass is 32.1. The Labute approximate surface area is 119 Å². The standard InChI is InChI=1S/C14H20O4S/c1-16-11-6-7-12(14(15)17-2)13(10-11)18-8-4-3-5-9-19/h6-7,10,19H,3-5,8-9H2,1-2H3. The zero-order valence-electron chi connectivity index (χ0n) is 11.3. The fourth-order valence-corrected chi connectivity index (χ4v) is 1.82. The number of ether oxygens (including phenoxy) is 3. The van der Waals surface area contributed by atoms with Crippen molar-refractivity contribution in [3.63, 3.8) is 0 Å². The molecule has 0 fully saturated rings. The van der Waals surface area contributed by atoms with Crippen molar-refractivity contribution < 1.29 is 19.0 Å². The van der Waals surface area contributed by atoms with Gasteiger partial charge in [0.25, 0.3) is 0 Å². The smallest absolute Gasteiger partial charge is 0.341 e. The Morgan fingerprint density at radius 1 is 1.21 bits per heavy atom. The second-order valence-electron chi connectivity index (χ2n) is 3.99. The van der Waals surface area contributed by atoms with Gasteiger partial charge in [-0.3, -0.25) is 0 Å². The first-order chi connectivity index (χ1) is 9.22. The number of benzene rings is 1. The molecule has 0 N–H and O–H groups in total. The van der Waals surface area contributed by atoms with Gasteiger partial charge in [-0.15, -0.1) is 0 Å². The van der Waals surface area contributed by atoms with Crippen LogP contribution in [0, 0.1) is 0 Å². The van der Waals surface area contributed by atoms with Crippen LogP contribution in [0.1, 0.15) is 29.6 Å². The second-order valence-corrected chi connectivity index (χ2v) is 4.43. The van der Waals surface area contributed by atoms with Crippen molar-refractivity contribution in [2.24, 2.45) is 0 Å². The molecule has 106 valence electrons. The third-order valence-electron chi connectivity index (χ3n) is 2.65. The molecule has 4 nitrogen and oxygen atoms in total. The molecule has 0 aromatic heterocycles. The minimum atomic E-state index is -0.409. The molecule has 0 saturated heterocycles. The average Bonchev–Trinajstić information content (AvgIpc) is 2.46. The zero-order chi connectivity index (χ0) is 14.1. The molecule has 1 rings (SSSR count). The van der Waals surface area contributed by atoms with Crippen LogP contribution < -0.4 is 9.47 Å². The Morgan fingerprint density at radius 3 is 2.63 bits per heavy atom. The molecular formula is C14H20O4S. The van der Waals surface area contributed by atoms with E-state index < -0.39 is 5.97 Å². The second kappa shape index (κ2) is 8.69. The minimum Gasteiger partial charge on any atom is -0.497 e. The number of carbonyl (C=O) groups is 1. The van der Waals surface area contributed by atoms with Gasteiger partial charge < -0.3 is 14.2 Å². The molecule has 0 saturated carbocycles. The predicted octanol–water partition coefficient (Wildman–Crippen LogP) is 2.96. The van der Waals surface area contributed by atoms with Gasteiger partial charge in [0.05, 0.1) is 20.8 Å². The molecule has 1 aromatic rings. The summed E-state index contributed by atoms with van der Waals surface area (Å²) in [4.78, 5) is 11.6. The SMILES string of the molecule is COC(=O)c1ccc(OC)cc1OCCCCCS. The molecule has 0 unspecified atom stereocenters. The number of hydrogen-bond donors (Lipinski definition) is 1. The van der Waals surface area contributed by atoms with Crippen molar-refractivity contribution >= 4 is 18.6 Å². The molecule has 19 heavy (non-hydrogen) atoms. The Hall–Kier alpha value is -1.36. The highest BCUT2D eigenvalue weighted by molar-refractivity contribution is 7.80. The molecule has 0 spiro atoms. The third kappa shape index (κ3) is 5.03. The molecule has 5 heteroatoms. The van der Waals surface area contributed by atoms with Gasteiger partial charge in [-0.1, -0.05) is 0 Å². The van der Waals surface area contributed by atoms with Crippen LogP contribution in [0.3, 0.4) is 0 Å². The molecule has 0 heterocycles. The molecule has 0 atom stereocenters. The van der Waals surface area contributed by atoms with Crippen LogP contribution in [0.4, 0.5) is 0 Å². The largest absolute Gasteiger partial charge is 0.497 e. The maximum absolute atomic E-state index is 11.6. The summed E-state index contributed by atoms with van der Waals surface area (Å²) in [7, 11) is 2.92. The monoisotopic (exact) mass is 284 g/mol. The van der Waals surface area contributed by atoms with E-state index in [0.717, 1.165) is 25.0 Å². The van der Waals surface area contributed by atoms with Gasteiger partial charge in [0.2, 0.25) is 0 Å². The summed E-state index contributed by atoms with van der Waals surface area (Å²) in [5, 5.41) is 0. The van der Waals surface area contributed by atoms with Crippen LogP contribution >= 0.6 is 12.6 Å². The van der Waals surface area contributed by atoms with Crippen LogP contribution in [0.25, 0.3) is 0 Å². The Kier molecular flexibility index (Phi) is 7.18. The van der Waals surface area contributed by atoms with Crippen LogP contribution in [-0.4, -0.2) is 32.5 Å². The van der Waals surface area contributed by atoms with E-state index in [0.29, 0.717) is 23.7 Å². The highest BCUT2D eigenvalue weighted by Crippen LogP contribution is 2.25. The van der Waals surface area contributed by atoms with Crippen LogP contribution in [0.15, 0.2) is 18.2 Å². The van der Waals surface area contributed by atoms with Crippen molar-refractivity contribution in [1.82, 2.24) is 0 Å². The topological polar surface area (TPSA) is 44.8 Å². The number of hydrogen-bond acceptors (Lipinski definition) is 5. The maximum Gasteiger partial charge on any atom is 0.341 e. The number of methoxy groups -OCH3 is 2. The first-order valence-electron chi connectivity index (χ1n) is 6.23. The van der Waals surface area contributed by atoms with E-state index in [4.69, 9.17) is 14.2 Å². The van der Waals surface area contributed by atoms with E-state index >= 15 is 0 Å². The summed E-state index contributed by atoms with van der Waals surface area (Å²) in [5.74, 6) is 1.62. The Balaban J connectivity index is 2.69. The molecule has 0 bridgehead atoms. The molecule has 0 amide bonds. The van der Waals surface area contributed by atoms with Crippen molar-refractivity contribution in [1.29, 1.82) is 0 Å². The number of unbranched alkanes of at least 4 members (excludes halogenated alkanes) is 2. The van der Waals surface area contributed by atoms with Gasteiger partial charge in [0, 0.05) is 6.07 Å².